The molecule has 0 saturated heterocycles. The number of hydrogen-bond donors (Lipinski definition) is 1. The Labute approximate surface area is 170 Å². The summed E-state index contributed by atoms with van der Waals surface area (Å²) in [6.07, 6.45) is 22.1. The van der Waals surface area contributed by atoms with Crippen LogP contribution in [0.1, 0.15) is 143 Å². The van der Waals surface area contributed by atoms with Crippen LogP contribution in [0.2, 0.25) is 0 Å². The Balaban J connectivity index is 3.99. The Kier molecular flexibility index (Phi) is 17.2. The molecule has 0 aromatic rings. The highest BCUT2D eigenvalue weighted by Gasteiger charge is 2.42. The average molecular weight is 383 g/mol. The molecule has 162 valence electrons. The predicted octanol–water partition coefficient (Wildman–Crippen LogP) is 8.78. The zero-order valence-corrected chi connectivity index (χ0v) is 19.2. The van der Waals surface area contributed by atoms with Crippen molar-refractivity contribution in [3.63, 3.8) is 0 Å². The Morgan fingerprint density at radius 2 is 1.07 bits per heavy atom. The van der Waals surface area contributed by atoms with Gasteiger partial charge in [0, 0.05) is 0 Å². The van der Waals surface area contributed by atoms with Crippen molar-refractivity contribution in [3.05, 3.63) is 0 Å². The zero-order valence-electron chi connectivity index (χ0n) is 19.2. The van der Waals surface area contributed by atoms with Crippen molar-refractivity contribution in [2.24, 2.45) is 11.3 Å². The van der Waals surface area contributed by atoms with Crippen LogP contribution in [-0.2, 0) is 4.79 Å². The van der Waals surface area contributed by atoms with Crippen molar-refractivity contribution in [1.82, 2.24) is 0 Å². The van der Waals surface area contributed by atoms with Crippen LogP contribution in [0.25, 0.3) is 0 Å². The Hall–Kier alpha value is -0.530. The molecule has 0 aliphatic carbocycles. The molecule has 0 aromatic carbocycles. The summed E-state index contributed by atoms with van der Waals surface area (Å²) >= 11 is 0. The molecule has 0 rings (SSSR count). The monoisotopic (exact) mass is 382 g/mol. The largest absolute Gasteiger partial charge is 0.481 e. The summed E-state index contributed by atoms with van der Waals surface area (Å²) in [4.78, 5) is 12.1. The third kappa shape index (κ3) is 11.2. The Bertz CT molecular complexity index is 331. The highest BCUT2D eigenvalue weighted by Crippen LogP contribution is 2.42. The number of carbonyl (C=O) groups is 1. The minimum absolute atomic E-state index is 0.345. The van der Waals surface area contributed by atoms with Gasteiger partial charge in [-0.05, 0) is 25.2 Å². The van der Waals surface area contributed by atoms with Crippen molar-refractivity contribution in [3.8, 4) is 0 Å². The van der Waals surface area contributed by atoms with Gasteiger partial charge >= 0.3 is 5.97 Å². The van der Waals surface area contributed by atoms with Crippen molar-refractivity contribution in [2.75, 3.05) is 0 Å². The van der Waals surface area contributed by atoms with Crippen LogP contribution in [-0.4, -0.2) is 11.1 Å². The molecule has 0 bridgehead atoms. The molecule has 2 heteroatoms. The molecule has 1 N–H and O–H groups in total. The number of carboxylic acids is 1. The summed E-state index contributed by atoms with van der Waals surface area (Å²) in [5.41, 5.74) is -0.476. The smallest absolute Gasteiger partial charge is 0.309 e. The van der Waals surface area contributed by atoms with Crippen LogP contribution in [0.3, 0.4) is 0 Å². The van der Waals surface area contributed by atoms with Gasteiger partial charge in [0.15, 0.2) is 0 Å². The fraction of sp³-hybridized carbons (Fsp3) is 0.960. The topological polar surface area (TPSA) is 37.3 Å². The van der Waals surface area contributed by atoms with E-state index >= 15 is 0 Å². The lowest BCUT2D eigenvalue weighted by atomic mass is 9.66. The van der Waals surface area contributed by atoms with Crippen LogP contribution in [0, 0.1) is 11.3 Å². The van der Waals surface area contributed by atoms with Gasteiger partial charge in [-0.15, -0.1) is 0 Å². The minimum Gasteiger partial charge on any atom is -0.481 e. The van der Waals surface area contributed by atoms with E-state index in [1.807, 2.05) is 0 Å². The number of hydrogen-bond acceptors (Lipinski definition) is 1. The van der Waals surface area contributed by atoms with Crippen LogP contribution in [0.15, 0.2) is 0 Å². The second kappa shape index (κ2) is 17.6. The Morgan fingerprint density at radius 1 is 0.667 bits per heavy atom. The number of aliphatic carboxylic acids is 1. The maximum Gasteiger partial charge on any atom is 0.309 e. The highest BCUT2D eigenvalue weighted by molar-refractivity contribution is 5.75. The van der Waals surface area contributed by atoms with Gasteiger partial charge in [0.2, 0.25) is 0 Å². The van der Waals surface area contributed by atoms with E-state index in [-0.39, 0.29) is 0 Å². The second-order valence-corrected chi connectivity index (χ2v) is 8.74. The normalized spacial score (nSPS) is 13.0. The second-order valence-electron chi connectivity index (χ2n) is 8.74. The average Bonchev–Trinajstić information content (AvgIpc) is 2.65. The van der Waals surface area contributed by atoms with Crippen molar-refractivity contribution >= 4 is 5.97 Å². The lowest BCUT2D eigenvalue weighted by Crippen LogP contribution is -2.38. The van der Waals surface area contributed by atoms with Gasteiger partial charge in [-0.25, -0.2) is 0 Å². The summed E-state index contributed by atoms with van der Waals surface area (Å²) in [6.45, 7) is 8.72. The van der Waals surface area contributed by atoms with Gasteiger partial charge in [0.05, 0.1) is 5.41 Å². The van der Waals surface area contributed by atoms with E-state index in [0.29, 0.717) is 5.92 Å². The van der Waals surface area contributed by atoms with Crippen LogP contribution < -0.4 is 0 Å². The van der Waals surface area contributed by atoms with E-state index in [0.717, 1.165) is 38.5 Å². The first kappa shape index (κ1) is 26.5. The third-order valence-corrected chi connectivity index (χ3v) is 6.50. The molecule has 0 fully saturated rings. The first-order chi connectivity index (χ1) is 13.1. The first-order valence-corrected chi connectivity index (χ1v) is 12.3. The van der Waals surface area contributed by atoms with Gasteiger partial charge in [0.1, 0.15) is 0 Å². The molecule has 0 aliphatic rings. The molecule has 0 aliphatic heterocycles. The highest BCUT2D eigenvalue weighted by atomic mass is 16.4. The van der Waals surface area contributed by atoms with E-state index < -0.39 is 11.4 Å². The van der Waals surface area contributed by atoms with E-state index in [2.05, 4.69) is 27.7 Å². The molecule has 0 radical (unpaired) electrons. The fourth-order valence-corrected chi connectivity index (χ4v) is 4.92. The number of unbranched alkanes of at least 4 members (excludes halogenated alkanes) is 11. The van der Waals surface area contributed by atoms with E-state index in [1.54, 1.807) is 0 Å². The lowest BCUT2D eigenvalue weighted by Gasteiger charge is -2.37. The molecule has 27 heavy (non-hydrogen) atoms. The Morgan fingerprint density at radius 3 is 1.41 bits per heavy atom. The maximum absolute atomic E-state index is 12.1. The van der Waals surface area contributed by atoms with Gasteiger partial charge in [-0.1, -0.05) is 124 Å². The summed E-state index contributed by atoms with van der Waals surface area (Å²) in [6, 6.07) is 0. The standard InChI is InChI=1S/C25H50O2/c1-5-9-10-11-12-13-14-15-16-17-18-19-20-23(8-4)25(21-6-2,22-7-3)24(26)27/h23H,5-22H2,1-4H3,(H,26,27). The summed E-state index contributed by atoms with van der Waals surface area (Å²) < 4.78 is 0. The van der Waals surface area contributed by atoms with Crippen LogP contribution in [0.4, 0.5) is 0 Å². The van der Waals surface area contributed by atoms with Crippen LogP contribution in [0.5, 0.6) is 0 Å². The molecule has 0 saturated carbocycles. The summed E-state index contributed by atoms with van der Waals surface area (Å²) in [5, 5.41) is 9.98. The SMILES string of the molecule is CCCCCCCCCCCCCCC(CC)C(CCC)(CCC)C(=O)O. The molecular weight excluding hydrogens is 332 g/mol. The predicted molar refractivity (Wildman–Crippen MR) is 119 cm³/mol. The van der Waals surface area contributed by atoms with Gasteiger partial charge in [-0.2, -0.15) is 0 Å². The lowest BCUT2D eigenvalue weighted by molar-refractivity contribution is -0.154. The van der Waals surface area contributed by atoms with E-state index in [1.165, 1.54) is 77.0 Å². The van der Waals surface area contributed by atoms with Gasteiger partial charge in [0.25, 0.3) is 0 Å². The van der Waals surface area contributed by atoms with Crippen molar-refractivity contribution < 1.29 is 9.90 Å². The van der Waals surface area contributed by atoms with Gasteiger partial charge in [-0.3, -0.25) is 4.79 Å². The molecule has 0 aromatic heterocycles. The van der Waals surface area contributed by atoms with Crippen molar-refractivity contribution in [2.45, 2.75) is 143 Å². The number of carboxylic acid groups (broad SMARTS) is 1. The minimum atomic E-state index is -0.544. The van der Waals surface area contributed by atoms with E-state index in [9.17, 15) is 9.90 Å². The fourth-order valence-electron chi connectivity index (χ4n) is 4.92. The maximum atomic E-state index is 12.1. The summed E-state index contributed by atoms with van der Waals surface area (Å²) in [7, 11) is 0. The quantitative estimate of drug-likeness (QED) is 0.214. The van der Waals surface area contributed by atoms with Crippen molar-refractivity contribution in [1.29, 1.82) is 0 Å². The molecule has 0 amide bonds. The van der Waals surface area contributed by atoms with E-state index in [4.69, 9.17) is 0 Å². The molecule has 0 heterocycles. The van der Waals surface area contributed by atoms with Crippen LogP contribution >= 0.6 is 0 Å². The molecular formula is C25H50O2. The zero-order chi connectivity index (χ0) is 20.4. The number of rotatable bonds is 20. The summed E-state index contributed by atoms with van der Waals surface area (Å²) in [5.74, 6) is -0.199. The molecule has 1 atom stereocenters. The third-order valence-electron chi connectivity index (χ3n) is 6.50. The first-order valence-electron chi connectivity index (χ1n) is 12.3. The molecule has 1 unspecified atom stereocenters. The van der Waals surface area contributed by atoms with Gasteiger partial charge < -0.3 is 5.11 Å². The molecule has 2 nitrogen and oxygen atoms in total. The molecule has 0 spiro atoms.